The second kappa shape index (κ2) is 8.97. The first-order chi connectivity index (χ1) is 13.0. The van der Waals surface area contributed by atoms with Crippen molar-refractivity contribution in [1.82, 2.24) is 19.8 Å². The van der Waals surface area contributed by atoms with Gasteiger partial charge in [-0.15, -0.1) is 0 Å². The standard InChI is InChI=1S/C20H33N5O2/c1-15-18(10-21-20(22-15)24-7-5-4-6-8-24)19(27)25-12-16(11-23(2)3)9-17(13-25)14-26/h10,16-17,26H,4-9,11-14H2,1-3H3/t16-,17+/m0/s1. The van der Waals surface area contributed by atoms with Crippen molar-refractivity contribution in [2.45, 2.75) is 32.6 Å². The summed E-state index contributed by atoms with van der Waals surface area (Å²) in [6, 6.07) is 0. The van der Waals surface area contributed by atoms with Crippen LogP contribution in [0.5, 0.6) is 0 Å². The third-order valence-electron chi connectivity index (χ3n) is 5.63. The van der Waals surface area contributed by atoms with Crippen LogP contribution >= 0.6 is 0 Å². The predicted molar refractivity (Wildman–Crippen MR) is 106 cm³/mol. The maximum Gasteiger partial charge on any atom is 0.257 e. The van der Waals surface area contributed by atoms with Gasteiger partial charge in [-0.3, -0.25) is 4.79 Å². The summed E-state index contributed by atoms with van der Waals surface area (Å²) >= 11 is 0. The Labute approximate surface area is 162 Å². The summed E-state index contributed by atoms with van der Waals surface area (Å²) < 4.78 is 0. The van der Waals surface area contributed by atoms with Crippen LogP contribution < -0.4 is 4.90 Å². The van der Waals surface area contributed by atoms with Gasteiger partial charge >= 0.3 is 0 Å². The van der Waals surface area contributed by atoms with E-state index in [1.54, 1.807) is 6.20 Å². The Bertz CT molecular complexity index is 645. The Morgan fingerprint density at radius 2 is 1.93 bits per heavy atom. The van der Waals surface area contributed by atoms with Crippen molar-refractivity contribution < 1.29 is 9.90 Å². The van der Waals surface area contributed by atoms with Crippen LogP contribution in [-0.2, 0) is 0 Å². The summed E-state index contributed by atoms with van der Waals surface area (Å²) in [6.07, 6.45) is 6.26. The molecule has 7 heteroatoms. The lowest BCUT2D eigenvalue weighted by Crippen LogP contribution is -2.47. The maximum atomic E-state index is 13.1. The molecule has 0 spiro atoms. The van der Waals surface area contributed by atoms with Gasteiger partial charge in [-0.05, 0) is 58.5 Å². The minimum absolute atomic E-state index is 0.0143. The zero-order valence-corrected chi connectivity index (χ0v) is 16.9. The molecule has 3 heterocycles. The van der Waals surface area contributed by atoms with Crippen molar-refractivity contribution in [2.75, 3.05) is 58.3 Å². The quantitative estimate of drug-likeness (QED) is 0.839. The minimum Gasteiger partial charge on any atom is -0.396 e. The third-order valence-corrected chi connectivity index (χ3v) is 5.63. The molecule has 3 rings (SSSR count). The molecule has 0 saturated carbocycles. The average molecular weight is 376 g/mol. The van der Waals surface area contributed by atoms with Gasteiger partial charge in [0.25, 0.3) is 5.91 Å². The van der Waals surface area contributed by atoms with E-state index >= 15 is 0 Å². The Kier molecular flexibility index (Phi) is 6.65. The molecule has 0 aromatic carbocycles. The van der Waals surface area contributed by atoms with Crippen LogP contribution in [-0.4, -0.2) is 84.2 Å². The van der Waals surface area contributed by atoms with Crippen LogP contribution in [0.1, 0.15) is 41.7 Å². The second-order valence-electron chi connectivity index (χ2n) is 8.34. The molecule has 150 valence electrons. The zero-order chi connectivity index (χ0) is 19.4. The fraction of sp³-hybridized carbons (Fsp3) is 0.750. The molecular formula is C20H33N5O2. The number of hydrogen-bond donors (Lipinski definition) is 1. The molecule has 0 aliphatic carbocycles. The molecule has 2 aliphatic heterocycles. The van der Waals surface area contributed by atoms with Crippen LogP contribution in [0.15, 0.2) is 6.20 Å². The van der Waals surface area contributed by atoms with E-state index in [4.69, 9.17) is 0 Å². The van der Waals surface area contributed by atoms with Gasteiger partial charge in [0.1, 0.15) is 0 Å². The molecule has 2 fully saturated rings. The van der Waals surface area contributed by atoms with E-state index < -0.39 is 0 Å². The number of anilines is 1. The number of rotatable bonds is 5. The van der Waals surface area contributed by atoms with E-state index in [1.165, 1.54) is 19.3 Å². The van der Waals surface area contributed by atoms with Crippen LogP contribution in [0.4, 0.5) is 5.95 Å². The van der Waals surface area contributed by atoms with Gasteiger partial charge in [0.15, 0.2) is 0 Å². The van der Waals surface area contributed by atoms with E-state index in [9.17, 15) is 9.90 Å². The van der Waals surface area contributed by atoms with Gasteiger partial charge in [0, 0.05) is 45.5 Å². The Hall–Kier alpha value is -1.73. The fourth-order valence-electron chi connectivity index (χ4n) is 4.35. The number of carbonyl (C=O) groups excluding carboxylic acids is 1. The van der Waals surface area contributed by atoms with Gasteiger partial charge in [-0.2, -0.15) is 0 Å². The molecule has 1 aromatic rings. The number of aliphatic hydroxyl groups excluding tert-OH is 1. The normalized spacial score (nSPS) is 23.7. The number of aliphatic hydroxyl groups is 1. The zero-order valence-electron chi connectivity index (χ0n) is 16.9. The van der Waals surface area contributed by atoms with Gasteiger partial charge in [0.2, 0.25) is 5.95 Å². The predicted octanol–water partition coefficient (Wildman–Crippen LogP) is 1.41. The van der Waals surface area contributed by atoms with Crippen LogP contribution in [0.2, 0.25) is 0 Å². The lowest BCUT2D eigenvalue weighted by Gasteiger charge is -2.38. The molecule has 1 aromatic heterocycles. The third kappa shape index (κ3) is 4.96. The van der Waals surface area contributed by atoms with Crippen molar-refractivity contribution in [3.63, 3.8) is 0 Å². The van der Waals surface area contributed by atoms with Crippen molar-refractivity contribution >= 4 is 11.9 Å². The van der Waals surface area contributed by atoms with E-state index in [0.29, 0.717) is 18.0 Å². The van der Waals surface area contributed by atoms with Crippen molar-refractivity contribution in [3.8, 4) is 0 Å². The van der Waals surface area contributed by atoms with Gasteiger partial charge < -0.3 is 19.8 Å². The average Bonchev–Trinajstić information content (AvgIpc) is 2.67. The summed E-state index contributed by atoms with van der Waals surface area (Å²) in [5.41, 5.74) is 1.32. The monoisotopic (exact) mass is 375 g/mol. The van der Waals surface area contributed by atoms with Crippen molar-refractivity contribution in [1.29, 1.82) is 0 Å². The SMILES string of the molecule is Cc1nc(N2CCCCC2)ncc1C(=O)N1C[C@H](CO)C[C@@H](CN(C)C)C1. The molecule has 1 N–H and O–H groups in total. The first-order valence-corrected chi connectivity index (χ1v) is 10.1. The first-order valence-electron chi connectivity index (χ1n) is 10.1. The maximum absolute atomic E-state index is 13.1. The number of amides is 1. The highest BCUT2D eigenvalue weighted by molar-refractivity contribution is 5.95. The molecular weight excluding hydrogens is 342 g/mol. The lowest BCUT2D eigenvalue weighted by atomic mass is 9.89. The highest BCUT2D eigenvalue weighted by atomic mass is 16.3. The highest BCUT2D eigenvalue weighted by Crippen LogP contribution is 2.25. The number of aryl methyl sites for hydroxylation is 1. The van der Waals surface area contributed by atoms with E-state index in [0.717, 1.165) is 44.2 Å². The summed E-state index contributed by atoms with van der Waals surface area (Å²) in [5.74, 6) is 1.24. The molecule has 2 saturated heterocycles. The van der Waals surface area contributed by atoms with Crippen LogP contribution in [0.3, 0.4) is 0 Å². The number of piperidine rings is 2. The Balaban J connectivity index is 1.73. The summed E-state index contributed by atoms with van der Waals surface area (Å²) in [5, 5.41) is 9.67. The number of likely N-dealkylation sites (tertiary alicyclic amines) is 1. The van der Waals surface area contributed by atoms with E-state index in [-0.39, 0.29) is 18.4 Å². The summed E-state index contributed by atoms with van der Waals surface area (Å²) in [4.78, 5) is 28.5. The summed E-state index contributed by atoms with van der Waals surface area (Å²) in [7, 11) is 4.10. The Morgan fingerprint density at radius 1 is 1.22 bits per heavy atom. The van der Waals surface area contributed by atoms with Crippen LogP contribution in [0, 0.1) is 18.8 Å². The molecule has 1 amide bonds. The van der Waals surface area contributed by atoms with Gasteiger partial charge in [-0.25, -0.2) is 9.97 Å². The number of nitrogens with zero attached hydrogens (tertiary/aromatic N) is 5. The molecule has 2 aliphatic rings. The smallest absolute Gasteiger partial charge is 0.257 e. The highest BCUT2D eigenvalue weighted by Gasteiger charge is 2.31. The molecule has 7 nitrogen and oxygen atoms in total. The summed E-state index contributed by atoms with van der Waals surface area (Å²) in [6.45, 7) is 6.24. The lowest BCUT2D eigenvalue weighted by molar-refractivity contribution is 0.0476. The largest absolute Gasteiger partial charge is 0.396 e. The molecule has 27 heavy (non-hydrogen) atoms. The van der Waals surface area contributed by atoms with Crippen molar-refractivity contribution in [2.24, 2.45) is 11.8 Å². The first kappa shape index (κ1) is 20.0. The molecule has 0 bridgehead atoms. The van der Waals surface area contributed by atoms with E-state index in [1.807, 2.05) is 25.9 Å². The van der Waals surface area contributed by atoms with E-state index in [2.05, 4.69) is 19.8 Å². The number of carbonyl (C=O) groups is 1. The topological polar surface area (TPSA) is 72.8 Å². The van der Waals surface area contributed by atoms with Gasteiger partial charge in [-0.1, -0.05) is 0 Å². The van der Waals surface area contributed by atoms with Crippen molar-refractivity contribution in [3.05, 3.63) is 17.5 Å². The molecule has 0 unspecified atom stereocenters. The fourth-order valence-corrected chi connectivity index (χ4v) is 4.35. The number of hydrogen-bond acceptors (Lipinski definition) is 6. The van der Waals surface area contributed by atoms with Crippen LogP contribution in [0.25, 0.3) is 0 Å². The molecule has 0 radical (unpaired) electrons. The minimum atomic E-state index is -0.0143. The van der Waals surface area contributed by atoms with Gasteiger partial charge in [0.05, 0.1) is 11.3 Å². The molecule has 2 atom stereocenters. The Morgan fingerprint density at radius 3 is 2.56 bits per heavy atom. The second-order valence-corrected chi connectivity index (χ2v) is 8.34. The number of aromatic nitrogens is 2.